The first kappa shape index (κ1) is 25.0. The number of likely N-dealkylation sites (tertiary alicyclic amines) is 1. The van der Waals surface area contributed by atoms with Gasteiger partial charge in [0.2, 0.25) is 0 Å². The summed E-state index contributed by atoms with van der Waals surface area (Å²) in [6, 6.07) is 6.77. The van der Waals surface area contributed by atoms with Crippen LogP contribution < -0.4 is 10.2 Å². The van der Waals surface area contributed by atoms with Gasteiger partial charge in [-0.05, 0) is 70.4 Å². The molecule has 2 aromatic heterocycles. The van der Waals surface area contributed by atoms with Crippen molar-refractivity contribution in [3.05, 3.63) is 65.6 Å². The van der Waals surface area contributed by atoms with Gasteiger partial charge < -0.3 is 19.9 Å². The van der Waals surface area contributed by atoms with Gasteiger partial charge in [-0.25, -0.2) is 18.6 Å². The van der Waals surface area contributed by atoms with Crippen LogP contribution in [0.4, 0.5) is 19.3 Å². The highest BCUT2D eigenvalue weighted by Gasteiger charge is 2.32. The Bertz CT molecular complexity index is 1340. The van der Waals surface area contributed by atoms with Crippen molar-refractivity contribution in [1.29, 1.82) is 0 Å². The highest BCUT2D eigenvalue weighted by atomic mass is 19.1. The second-order valence-electron chi connectivity index (χ2n) is 10.7. The van der Waals surface area contributed by atoms with Crippen LogP contribution in [0.5, 0.6) is 0 Å². The number of nitrogens with one attached hydrogen (secondary N) is 1. The third kappa shape index (κ3) is 5.23. The van der Waals surface area contributed by atoms with Gasteiger partial charge in [-0.15, -0.1) is 0 Å². The van der Waals surface area contributed by atoms with Crippen LogP contribution in [0.25, 0.3) is 5.65 Å². The molecule has 2 saturated heterocycles. The fourth-order valence-electron chi connectivity index (χ4n) is 5.17. The first-order valence-electron chi connectivity index (χ1n) is 12.6. The topological polar surface area (TPSA) is 79.2 Å². The molecule has 2 aliphatic rings. The fourth-order valence-corrected chi connectivity index (χ4v) is 5.17. The summed E-state index contributed by atoms with van der Waals surface area (Å²) in [7, 11) is 0. The normalized spacial score (nSPS) is 20.0. The Hall–Kier alpha value is -3.69. The molecule has 2 aliphatic heterocycles. The van der Waals surface area contributed by atoms with Gasteiger partial charge in [-0.3, -0.25) is 9.20 Å². The van der Waals surface area contributed by atoms with Crippen molar-refractivity contribution in [3.63, 3.8) is 0 Å². The highest BCUT2D eigenvalue weighted by Crippen LogP contribution is 2.37. The van der Waals surface area contributed by atoms with Crippen LogP contribution in [0.2, 0.25) is 0 Å². The minimum absolute atomic E-state index is 0.188. The molecule has 5 rings (SSSR count). The van der Waals surface area contributed by atoms with E-state index in [1.54, 1.807) is 36.3 Å². The largest absolute Gasteiger partial charge is 0.444 e. The summed E-state index contributed by atoms with van der Waals surface area (Å²) in [5.41, 5.74) is 1.56. The number of amides is 2. The molecule has 0 unspecified atom stereocenters. The molecule has 37 heavy (non-hydrogen) atoms. The van der Waals surface area contributed by atoms with Crippen molar-refractivity contribution in [3.8, 4) is 0 Å². The van der Waals surface area contributed by atoms with Crippen molar-refractivity contribution >= 4 is 23.3 Å². The molecule has 1 N–H and O–H groups in total. The van der Waals surface area contributed by atoms with Crippen LogP contribution in [-0.2, 0) is 4.74 Å². The zero-order valence-electron chi connectivity index (χ0n) is 21.2. The molecule has 10 heteroatoms. The Labute approximate surface area is 214 Å². The number of hydrogen-bond donors (Lipinski definition) is 1. The van der Waals surface area contributed by atoms with E-state index in [9.17, 15) is 18.4 Å². The summed E-state index contributed by atoms with van der Waals surface area (Å²) in [5.74, 6) is -1.08. The molecular weight excluding hydrogens is 480 g/mol. The number of nitrogens with zero attached hydrogens (tertiary/aromatic N) is 4. The van der Waals surface area contributed by atoms with E-state index in [4.69, 9.17) is 4.74 Å². The standard InChI is InChI=1S/C27H31F2N5O3/c1-27(2,3)37-26(36)31-18-10-12-32(15-18)25(35)23-14-30-24-9-7-19(16-34(23)24)33-11-4-5-22(33)20-13-17(28)6-8-21(20)29/h6-9,13-14,16,18,22H,4-5,10-12,15H2,1-3H3,(H,31,36)/t18-,22-/m0/s1. The molecule has 0 bridgehead atoms. The number of imidazole rings is 1. The van der Waals surface area contributed by atoms with Gasteiger partial charge in [-0.2, -0.15) is 0 Å². The maximum absolute atomic E-state index is 14.6. The van der Waals surface area contributed by atoms with E-state index < -0.39 is 23.3 Å². The van der Waals surface area contributed by atoms with Crippen LogP contribution in [0.15, 0.2) is 42.7 Å². The SMILES string of the molecule is CC(C)(C)OC(=O)N[C@H]1CCN(C(=O)c2cnc3ccc(N4CCC[C@H]4c4cc(F)ccc4F)cn23)C1. The van der Waals surface area contributed by atoms with Crippen LogP contribution in [-0.4, -0.2) is 57.6 Å². The lowest BCUT2D eigenvalue weighted by atomic mass is 10.0. The highest BCUT2D eigenvalue weighted by molar-refractivity contribution is 5.93. The van der Waals surface area contributed by atoms with Crippen LogP contribution in [0.3, 0.4) is 0 Å². The van der Waals surface area contributed by atoms with E-state index in [0.29, 0.717) is 49.4 Å². The first-order valence-corrected chi connectivity index (χ1v) is 12.6. The third-order valence-electron chi connectivity index (χ3n) is 6.81. The Morgan fingerprint density at radius 2 is 1.92 bits per heavy atom. The maximum Gasteiger partial charge on any atom is 0.407 e. The fraction of sp³-hybridized carbons (Fsp3) is 0.444. The molecular formula is C27H31F2N5O3. The molecule has 3 aromatic rings. The number of hydrogen-bond acceptors (Lipinski definition) is 5. The lowest BCUT2D eigenvalue weighted by Gasteiger charge is -2.27. The van der Waals surface area contributed by atoms with Gasteiger partial charge in [0.1, 0.15) is 28.6 Å². The Kier molecular flexibility index (Phi) is 6.51. The van der Waals surface area contributed by atoms with E-state index in [2.05, 4.69) is 10.3 Å². The Morgan fingerprint density at radius 1 is 1.11 bits per heavy atom. The van der Waals surface area contributed by atoms with Crippen molar-refractivity contribution in [2.75, 3.05) is 24.5 Å². The van der Waals surface area contributed by atoms with Gasteiger partial charge in [0, 0.05) is 31.4 Å². The first-order chi connectivity index (χ1) is 17.6. The van der Waals surface area contributed by atoms with Crippen LogP contribution >= 0.6 is 0 Å². The smallest absolute Gasteiger partial charge is 0.407 e. The molecule has 8 nitrogen and oxygen atoms in total. The number of fused-ring (bicyclic) bond motifs is 1. The predicted octanol–water partition coefficient (Wildman–Crippen LogP) is 4.69. The molecule has 2 fully saturated rings. The quantitative estimate of drug-likeness (QED) is 0.550. The molecule has 0 radical (unpaired) electrons. The van der Waals surface area contributed by atoms with Crippen molar-refractivity contribution < 1.29 is 23.1 Å². The van der Waals surface area contributed by atoms with E-state index in [1.807, 2.05) is 23.2 Å². The average Bonchev–Trinajstić information content (AvgIpc) is 3.58. The number of alkyl carbamates (subject to hydrolysis) is 1. The average molecular weight is 512 g/mol. The van der Waals surface area contributed by atoms with E-state index >= 15 is 0 Å². The Morgan fingerprint density at radius 3 is 2.70 bits per heavy atom. The summed E-state index contributed by atoms with van der Waals surface area (Å²) >= 11 is 0. The van der Waals surface area contributed by atoms with Crippen molar-refractivity contribution in [1.82, 2.24) is 19.6 Å². The van der Waals surface area contributed by atoms with Gasteiger partial charge in [-0.1, -0.05) is 0 Å². The van der Waals surface area contributed by atoms with E-state index in [1.165, 1.54) is 6.07 Å². The zero-order chi connectivity index (χ0) is 26.3. The number of aromatic nitrogens is 2. The van der Waals surface area contributed by atoms with Crippen molar-refractivity contribution in [2.24, 2.45) is 0 Å². The van der Waals surface area contributed by atoms with Gasteiger partial charge in [0.05, 0.1) is 24.0 Å². The second kappa shape index (κ2) is 9.64. The molecule has 0 aliphatic carbocycles. The molecule has 4 heterocycles. The number of ether oxygens (including phenoxy) is 1. The molecule has 196 valence electrons. The van der Waals surface area contributed by atoms with E-state index in [0.717, 1.165) is 24.2 Å². The summed E-state index contributed by atoms with van der Waals surface area (Å²) < 4.78 is 35.5. The monoisotopic (exact) mass is 511 g/mol. The number of anilines is 1. The summed E-state index contributed by atoms with van der Waals surface area (Å²) in [6.45, 7) is 6.96. The van der Waals surface area contributed by atoms with Gasteiger partial charge >= 0.3 is 6.09 Å². The van der Waals surface area contributed by atoms with Crippen LogP contribution in [0.1, 0.15) is 62.1 Å². The maximum atomic E-state index is 14.6. The van der Waals surface area contributed by atoms with Crippen molar-refractivity contribution in [2.45, 2.75) is 57.7 Å². The molecule has 1 aromatic carbocycles. The zero-order valence-corrected chi connectivity index (χ0v) is 21.2. The minimum atomic E-state index is -0.596. The lowest BCUT2D eigenvalue weighted by Crippen LogP contribution is -2.41. The number of halogens is 2. The molecule has 0 saturated carbocycles. The number of carbonyl (C=O) groups excluding carboxylic acids is 2. The van der Waals surface area contributed by atoms with Gasteiger partial charge in [0.15, 0.2) is 0 Å². The molecule has 0 spiro atoms. The number of rotatable bonds is 4. The lowest BCUT2D eigenvalue weighted by molar-refractivity contribution is 0.0502. The van der Waals surface area contributed by atoms with E-state index in [-0.39, 0.29) is 18.0 Å². The third-order valence-corrected chi connectivity index (χ3v) is 6.81. The summed E-state index contributed by atoms with van der Waals surface area (Å²) in [5, 5.41) is 2.84. The molecule has 2 amide bonds. The minimum Gasteiger partial charge on any atom is -0.444 e. The van der Waals surface area contributed by atoms with Crippen LogP contribution in [0, 0.1) is 11.6 Å². The van der Waals surface area contributed by atoms with Gasteiger partial charge in [0.25, 0.3) is 5.91 Å². The number of pyridine rings is 1. The summed E-state index contributed by atoms with van der Waals surface area (Å²) in [6.07, 6.45) is 5.05. The predicted molar refractivity (Wildman–Crippen MR) is 135 cm³/mol. The Balaban J connectivity index is 1.34. The number of carbonyl (C=O) groups is 2. The second-order valence-corrected chi connectivity index (χ2v) is 10.7. The molecule has 2 atom stereocenters. The summed E-state index contributed by atoms with van der Waals surface area (Å²) in [4.78, 5) is 33.7. The number of benzene rings is 1.